The summed E-state index contributed by atoms with van der Waals surface area (Å²) in [5.74, 6) is -0.134. The number of hydrogen-bond acceptors (Lipinski definition) is 4. The Morgan fingerprint density at radius 3 is 2.56 bits per heavy atom. The topological polar surface area (TPSA) is 91.2 Å². The number of carbonyl (C=O) groups excluding carboxylic acids is 1. The highest BCUT2D eigenvalue weighted by atomic mass is 16.1. The third kappa shape index (κ3) is 4.65. The second-order valence-corrected chi connectivity index (χ2v) is 9.01. The predicted molar refractivity (Wildman–Crippen MR) is 129 cm³/mol. The Balaban J connectivity index is 1.70. The largest absolute Gasteiger partial charge is 0.369 e. The van der Waals surface area contributed by atoms with Gasteiger partial charge in [0.1, 0.15) is 0 Å². The molecule has 0 radical (unpaired) electrons. The molecule has 1 aromatic carbocycles. The van der Waals surface area contributed by atoms with E-state index in [0.717, 1.165) is 54.7 Å². The highest BCUT2D eigenvalue weighted by Gasteiger charge is 2.26. The van der Waals surface area contributed by atoms with Gasteiger partial charge >= 0.3 is 0 Å². The van der Waals surface area contributed by atoms with Gasteiger partial charge in [0, 0.05) is 47.7 Å². The van der Waals surface area contributed by atoms with Crippen LogP contribution in [0.1, 0.15) is 65.3 Å². The minimum atomic E-state index is -0.134. The van der Waals surface area contributed by atoms with Crippen LogP contribution in [0.5, 0.6) is 0 Å². The Hall–Kier alpha value is -2.86. The highest BCUT2D eigenvalue weighted by Crippen LogP contribution is 2.32. The zero-order valence-electron chi connectivity index (χ0n) is 19.1. The summed E-state index contributed by atoms with van der Waals surface area (Å²) in [6.07, 6.45) is 9.85. The fraction of sp³-hybridized carbons (Fsp3) is 0.462. The first-order valence-electron chi connectivity index (χ1n) is 11.8. The van der Waals surface area contributed by atoms with Gasteiger partial charge in [-0.05, 0) is 81.7 Å². The number of hydrogen-bond donors (Lipinski definition) is 3. The van der Waals surface area contributed by atoms with E-state index in [0.29, 0.717) is 36.1 Å². The van der Waals surface area contributed by atoms with E-state index in [9.17, 15) is 9.59 Å². The normalized spacial score (nSPS) is 22.2. The van der Waals surface area contributed by atoms with E-state index >= 15 is 0 Å². The van der Waals surface area contributed by atoms with Crippen LogP contribution in [0.3, 0.4) is 0 Å². The summed E-state index contributed by atoms with van der Waals surface area (Å²) in [5.41, 5.74) is 11.3. The molecule has 6 heteroatoms. The number of pyridine rings is 1. The lowest BCUT2D eigenvalue weighted by Gasteiger charge is -2.38. The van der Waals surface area contributed by atoms with Crippen LogP contribution in [0, 0.1) is 6.92 Å². The lowest BCUT2D eigenvalue weighted by atomic mass is 9.89. The van der Waals surface area contributed by atoms with Gasteiger partial charge in [0.2, 0.25) is 0 Å². The number of H-pyrrole nitrogens is 1. The molecule has 1 aliphatic carbocycles. The first kappa shape index (κ1) is 22.3. The van der Waals surface area contributed by atoms with Crippen LogP contribution in [0.25, 0.3) is 0 Å². The van der Waals surface area contributed by atoms with Crippen LogP contribution in [0.4, 0.5) is 5.69 Å². The number of allylic oxidation sites excluding steroid dienone is 2. The van der Waals surface area contributed by atoms with Crippen LogP contribution in [0.15, 0.2) is 41.2 Å². The molecule has 1 aromatic heterocycles. The maximum atomic E-state index is 13.2. The lowest BCUT2D eigenvalue weighted by molar-refractivity contribution is 0.0950. The molecule has 6 nitrogen and oxygen atoms in total. The number of aromatic nitrogens is 1. The molecule has 4 N–H and O–H groups in total. The number of anilines is 1. The first-order valence-corrected chi connectivity index (χ1v) is 11.8. The van der Waals surface area contributed by atoms with Crippen molar-refractivity contribution >= 4 is 11.6 Å². The van der Waals surface area contributed by atoms with Gasteiger partial charge in [-0.3, -0.25) is 9.59 Å². The van der Waals surface area contributed by atoms with E-state index in [-0.39, 0.29) is 18.0 Å². The molecule has 2 aliphatic rings. The minimum absolute atomic E-state index is 0.130. The summed E-state index contributed by atoms with van der Waals surface area (Å²) >= 11 is 0. The van der Waals surface area contributed by atoms with Gasteiger partial charge in [0.15, 0.2) is 0 Å². The standard InChI is InChI=1S/C26H34N4O2/c1-3-30(20-13-11-19(27)12-14-20)24-10-6-9-22-21(24)8-5-4-7-18-15-17(2)29-26(32)23(18)16-28-25(22)31/h4-6,9-10,15,19-20H,3,7-8,11-14,16,27H2,1-2H3,(H,28,31)(H,29,32)/b5-4-. The summed E-state index contributed by atoms with van der Waals surface area (Å²) in [7, 11) is 0. The fourth-order valence-corrected chi connectivity index (χ4v) is 5.15. The number of amides is 1. The number of benzene rings is 1. The van der Waals surface area contributed by atoms with E-state index in [1.54, 1.807) is 0 Å². The number of rotatable bonds is 3. The van der Waals surface area contributed by atoms with Crippen LogP contribution in [-0.2, 0) is 19.4 Å². The Morgan fingerprint density at radius 1 is 1.06 bits per heavy atom. The molecule has 1 fully saturated rings. The second kappa shape index (κ2) is 9.74. The minimum Gasteiger partial charge on any atom is -0.369 e. The third-order valence-electron chi connectivity index (χ3n) is 6.84. The van der Waals surface area contributed by atoms with E-state index in [4.69, 9.17) is 5.73 Å². The number of aromatic amines is 1. The quantitative estimate of drug-likeness (QED) is 0.646. The highest BCUT2D eigenvalue weighted by molar-refractivity contribution is 5.97. The van der Waals surface area contributed by atoms with Crippen molar-refractivity contribution in [1.82, 2.24) is 10.3 Å². The van der Waals surface area contributed by atoms with Gasteiger partial charge in [-0.2, -0.15) is 0 Å². The van der Waals surface area contributed by atoms with Gasteiger partial charge < -0.3 is 20.9 Å². The average molecular weight is 435 g/mol. The molecular weight excluding hydrogens is 400 g/mol. The maximum absolute atomic E-state index is 13.2. The molecule has 32 heavy (non-hydrogen) atoms. The molecule has 0 unspecified atom stereocenters. The Kier molecular flexibility index (Phi) is 6.80. The van der Waals surface area contributed by atoms with Crippen LogP contribution in [-0.4, -0.2) is 29.5 Å². The van der Waals surface area contributed by atoms with Crippen molar-refractivity contribution in [3.05, 3.63) is 74.7 Å². The van der Waals surface area contributed by atoms with Crippen LogP contribution >= 0.6 is 0 Å². The summed E-state index contributed by atoms with van der Waals surface area (Å²) in [5, 5.41) is 3.00. The summed E-state index contributed by atoms with van der Waals surface area (Å²) in [6, 6.07) is 8.75. The number of carbonyl (C=O) groups is 1. The molecule has 0 bridgehead atoms. The predicted octanol–water partition coefficient (Wildman–Crippen LogP) is 3.36. The van der Waals surface area contributed by atoms with Crippen molar-refractivity contribution in [2.75, 3.05) is 11.4 Å². The lowest BCUT2D eigenvalue weighted by Crippen LogP contribution is -2.41. The van der Waals surface area contributed by atoms with Crippen molar-refractivity contribution in [1.29, 1.82) is 0 Å². The SMILES string of the molecule is CCN(c1cccc2c1C/C=C\Cc1cc(C)[nH]c(=O)c1CNC2=O)C1CCC(N)CC1. The average Bonchev–Trinajstić information content (AvgIpc) is 2.80. The Labute approximate surface area is 189 Å². The number of nitrogens with two attached hydrogens (primary N) is 1. The van der Waals surface area contributed by atoms with Crippen molar-refractivity contribution in [2.45, 2.75) is 71.0 Å². The van der Waals surface area contributed by atoms with E-state index < -0.39 is 0 Å². The first-order chi connectivity index (χ1) is 15.5. The van der Waals surface area contributed by atoms with Gasteiger partial charge in [-0.15, -0.1) is 0 Å². The molecule has 1 amide bonds. The molecule has 170 valence electrons. The smallest absolute Gasteiger partial charge is 0.253 e. The van der Waals surface area contributed by atoms with E-state index in [1.165, 1.54) is 0 Å². The van der Waals surface area contributed by atoms with Crippen LogP contribution in [0.2, 0.25) is 0 Å². The molecule has 0 atom stereocenters. The second-order valence-electron chi connectivity index (χ2n) is 9.01. The molecule has 2 aromatic rings. The Morgan fingerprint density at radius 2 is 1.81 bits per heavy atom. The van der Waals surface area contributed by atoms with E-state index in [2.05, 4.69) is 40.3 Å². The maximum Gasteiger partial charge on any atom is 0.253 e. The van der Waals surface area contributed by atoms with Gasteiger partial charge in [-0.1, -0.05) is 18.2 Å². The number of nitrogens with one attached hydrogen (secondary N) is 2. The van der Waals surface area contributed by atoms with Gasteiger partial charge in [0.05, 0.1) is 0 Å². The van der Waals surface area contributed by atoms with Crippen LogP contribution < -0.4 is 21.5 Å². The zero-order valence-corrected chi connectivity index (χ0v) is 19.1. The molecule has 2 heterocycles. The van der Waals surface area contributed by atoms with Crippen molar-refractivity contribution in [3.63, 3.8) is 0 Å². The molecule has 1 aliphatic heterocycles. The summed E-state index contributed by atoms with van der Waals surface area (Å²) < 4.78 is 0. The van der Waals surface area contributed by atoms with Gasteiger partial charge in [0.25, 0.3) is 11.5 Å². The summed E-state index contributed by atoms with van der Waals surface area (Å²) in [6.45, 7) is 5.18. The third-order valence-corrected chi connectivity index (χ3v) is 6.84. The molecule has 0 saturated heterocycles. The molecule has 0 spiro atoms. The van der Waals surface area contributed by atoms with Crippen molar-refractivity contribution in [2.24, 2.45) is 5.73 Å². The molecular formula is C26H34N4O2. The molecule has 4 rings (SSSR count). The Bertz CT molecular complexity index is 1060. The zero-order chi connectivity index (χ0) is 22.7. The van der Waals surface area contributed by atoms with E-state index in [1.807, 2.05) is 25.1 Å². The molecule has 1 saturated carbocycles. The fourth-order valence-electron chi connectivity index (χ4n) is 5.15. The monoisotopic (exact) mass is 434 g/mol. The number of aryl methyl sites for hydroxylation is 1. The van der Waals surface area contributed by atoms with Gasteiger partial charge in [-0.25, -0.2) is 0 Å². The summed E-state index contributed by atoms with van der Waals surface area (Å²) in [4.78, 5) is 31.1. The van der Waals surface area contributed by atoms with Crippen molar-refractivity contribution < 1.29 is 4.79 Å². The number of nitrogens with zero attached hydrogens (tertiary/aromatic N) is 1. The van der Waals surface area contributed by atoms with Crippen molar-refractivity contribution in [3.8, 4) is 0 Å². The number of fused-ring (bicyclic) bond motifs is 2.